The van der Waals surface area contributed by atoms with Gasteiger partial charge in [-0.1, -0.05) is 39.5 Å². The quantitative estimate of drug-likeness (QED) is 0.721. The van der Waals surface area contributed by atoms with E-state index >= 15 is 0 Å². The highest BCUT2D eigenvalue weighted by atomic mass is 16.2. The Morgan fingerprint density at radius 1 is 1.25 bits per heavy atom. The van der Waals surface area contributed by atoms with Crippen molar-refractivity contribution in [2.24, 2.45) is 0 Å². The average molecular weight is 226 g/mol. The molecule has 3 heteroatoms. The summed E-state index contributed by atoms with van der Waals surface area (Å²) < 4.78 is 0. The Labute approximate surface area is 99.6 Å². The molecule has 1 amide bonds. The summed E-state index contributed by atoms with van der Waals surface area (Å²) in [6.45, 7) is 6.94. The van der Waals surface area contributed by atoms with Crippen LogP contribution in [-0.4, -0.2) is 36.5 Å². The van der Waals surface area contributed by atoms with Gasteiger partial charge in [-0.15, -0.1) is 0 Å². The van der Waals surface area contributed by atoms with Gasteiger partial charge in [-0.3, -0.25) is 9.69 Å². The summed E-state index contributed by atoms with van der Waals surface area (Å²) in [6.07, 6.45) is 7.58. The van der Waals surface area contributed by atoms with Gasteiger partial charge in [-0.25, -0.2) is 0 Å². The first-order valence-electron chi connectivity index (χ1n) is 6.78. The number of rotatable bonds is 7. The summed E-state index contributed by atoms with van der Waals surface area (Å²) in [6, 6.07) is 0.631. The van der Waals surface area contributed by atoms with Crippen LogP contribution in [0.5, 0.6) is 0 Å². The number of unbranched alkanes of at least 4 members (excludes halogenated alkanes) is 2. The molecule has 0 aliphatic carbocycles. The number of nitrogens with one attached hydrogen (secondary N) is 1. The van der Waals surface area contributed by atoms with E-state index in [0.717, 1.165) is 13.1 Å². The third kappa shape index (κ3) is 4.52. The van der Waals surface area contributed by atoms with E-state index in [1.807, 2.05) is 0 Å². The van der Waals surface area contributed by atoms with Crippen LogP contribution in [0.3, 0.4) is 0 Å². The van der Waals surface area contributed by atoms with E-state index in [-0.39, 0.29) is 5.91 Å². The van der Waals surface area contributed by atoms with Gasteiger partial charge in [0.15, 0.2) is 0 Å². The number of hydrogen-bond acceptors (Lipinski definition) is 2. The molecule has 0 bridgehead atoms. The fourth-order valence-corrected chi connectivity index (χ4v) is 2.36. The van der Waals surface area contributed by atoms with Crippen molar-refractivity contribution < 1.29 is 4.79 Å². The molecule has 0 saturated carbocycles. The molecule has 0 spiro atoms. The van der Waals surface area contributed by atoms with E-state index in [1.165, 1.54) is 38.5 Å². The molecule has 0 aromatic heterocycles. The van der Waals surface area contributed by atoms with Crippen LogP contribution >= 0.6 is 0 Å². The summed E-state index contributed by atoms with van der Waals surface area (Å²) in [5.74, 6) is 0.198. The highest BCUT2D eigenvalue weighted by Crippen LogP contribution is 2.16. The van der Waals surface area contributed by atoms with E-state index in [0.29, 0.717) is 12.6 Å². The normalized spacial score (nSPS) is 17.8. The maximum absolute atomic E-state index is 11.4. The third-order valence-corrected chi connectivity index (χ3v) is 3.37. The van der Waals surface area contributed by atoms with E-state index in [2.05, 4.69) is 24.1 Å². The van der Waals surface area contributed by atoms with Crippen LogP contribution in [0.4, 0.5) is 0 Å². The molecular weight excluding hydrogens is 200 g/mol. The maximum Gasteiger partial charge on any atom is 0.234 e. The molecule has 94 valence electrons. The van der Waals surface area contributed by atoms with Gasteiger partial charge < -0.3 is 5.32 Å². The first-order chi connectivity index (χ1) is 7.77. The van der Waals surface area contributed by atoms with Gasteiger partial charge in [0.1, 0.15) is 0 Å². The molecular formula is C13H26N2O. The van der Waals surface area contributed by atoms with Crippen molar-refractivity contribution in [2.45, 2.75) is 58.4 Å². The molecule has 16 heavy (non-hydrogen) atoms. The predicted molar refractivity (Wildman–Crippen MR) is 67.4 cm³/mol. The maximum atomic E-state index is 11.4. The number of carbonyl (C=O) groups excluding carboxylic acids is 1. The van der Waals surface area contributed by atoms with Gasteiger partial charge in [-0.05, 0) is 12.8 Å². The minimum absolute atomic E-state index is 0.198. The number of carbonyl (C=O) groups is 1. The monoisotopic (exact) mass is 226 g/mol. The summed E-state index contributed by atoms with van der Waals surface area (Å²) in [7, 11) is 0. The Bertz CT molecular complexity index is 198. The zero-order chi connectivity index (χ0) is 11.8. The van der Waals surface area contributed by atoms with Gasteiger partial charge >= 0.3 is 0 Å². The Hall–Kier alpha value is -0.570. The molecule has 1 fully saturated rings. The Morgan fingerprint density at radius 3 is 2.38 bits per heavy atom. The minimum atomic E-state index is 0.198. The lowest BCUT2D eigenvalue weighted by molar-refractivity contribution is -0.125. The highest BCUT2D eigenvalue weighted by Gasteiger charge is 2.23. The lowest BCUT2D eigenvalue weighted by atomic mass is 10.0. The van der Waals surface area contributed by atoms with Gasteiger partial charge in [-0.2, -0.15) is 0 Å². The molecule has 0 aromatic carbocycles. The van der Waals surface area contributed by atoms with Gasteiger partial charge in [0.25, 0.3) is 0 Å². The second-order valence-electron chi connectivity index (χ2n) is 4.76. The van der Waals surface area contributed by atoms with Crippen LogP contribution in [0.1, 0.15) is 52.4 Å². The Morgan fingerprint density at radius 2 is 1.88 bits per heavy atom. The molecule has 0 atom stereocenters. The third-order valence-electron chi connectivity index (χ3n) is 3.37. The topological polar surface area (TPSA) is 32.3 Å². The van der Waals surface area contributed by atoms with E-state index in [9.17, 15) is 4.79 Å². The van der Waals surface area contributed by atoms with Crippen LogP contribution in [0.2, 0.25) is 0 Å². The van der Waals surface area contributed by atoms with Crippen molar-refractivity contribution in [1.29, 1.82) is 0 Å². The Balaban J connectivity index is 2.41. The number of hydrogen-bond donors (Lipinski definition) is 1. The smallest absolute Gasteiger partial charge is 0.234 e. The highest BCUT2D eigenvalue weighted by molar-refractivity contribution is 5.78. The molecule has 1 N–H and O–H groups in total. The van der Waals surface area contributed by atoms with Crippen LogP contribution in [0, 0.1) is 0 Å². The lowest BCUT2D eigenvalue weighted by Gasteiger charge is -2.34. The molecule has 3 nitrogen and oxygen atoms in total. The van der Waals surface area contributed by atoms with Crippen LogP contribution in [-0.2, 0) is 4.79 Å². The lowest BCUT2D eigenvalue weighted by Crippen LogP contribution is -2.51. The summed E-state index contributed by atoms with van der Waals surface area (Å²) in [5.41, 5.74) is 0. The largest absolute Gasteiger partial charge is 0.354 e. The van der Waals surface area contributed by atoms with Gasteiger partial charge in [0.2, 0.25) is 5.91 Å². The Kier molecular flexibility index (Phi) is 6.46. The van der Waals surface area contributed by atoms with E-state index in [1.54, 1.807) is 0 Å². The number of amides is 1. The van der Waals surface area contributed by atoms with Crippen molar-refractivity contribution in [3.63, 3.8) is 0 Å². The van der Waals surface area contributed by atoms with Gasteiger partial charge in [0.05, 0.1) is 6.54 Å². The predicted octanol–water partition coefficient (Wildman–Crippen LogP) is 2.17. The van der Waals surface area contributed by atoms with Crippen molar-refractivity contribution in [3.8, 4) is 0 Å². The molecule has 0 aromatic rings. The zero-order valence-electron chi connectivity index (χ0n) is 10.8. The summed E-state index contributed by atoms with van der Waals surface area (Å²) >= 11 is 0. The van der Waals surface area contributed by atoms with E-state index in [4.69, 9.17) is 0 Å². The van der Waals surface area contributed by atoms with Crippen molar-refractivity contribution >= 4 is 5.91 Å². The summed E-state index contributed by atoms with van der Waals surface area (Å²) in [5, 5.41) is 2.90. The molecule has 1 rings (SSSR count). The van der Waals surface area contributed by atoms with E-state index < -0.39 is 0 Å². The molecule has 0 radical (unpaired) electrons. The first kappa shape index (κ1) is 13.5. The average Bonchev–Trinajstić information content (AvgIpc) is 2.29. The molecule has 0 unspecified atom stereocenters. The molecule has 1 saturated heterocycles. The second-order valence-corrected chi connectivity index (χ2v) is 4.76. The van der Waals surface area contributed by atoms with Crippen LogP contribution < -0.4 is 5.32 Å². The molecule has 1 aliphatic heterocycles. The summed E-state index contributed by atoms with van der Waals surface area (Å²) in [4.78, 5) is 13.8. The molecule has 1 heterocycles. The minimum Gasteiger partial charge on any atom is -0.354 e. The van der Waals surface area contributed by atoms with Crippen molar-refractivity contribution in [2.75, 3.05) is 19.6 Å². The van der Waals surface area contributed by atoms with Crippen LogP contribution in [0.15, 0.2) is 0 Å². The fraction of sp³-hybridized carbons (Fsp3) is 0.923. The first-order valence-corrected chi connectivity index (χ1v) is 6.78. The van der Waals surface area contributed by atoms with Crippen LogP contribution in [0.25, 0.3) is 0 Å². The molecule has 1 aliphatic rings. The van der Waals surface area contributed by atoms with Crippen molar-refractivity contribution in [3.05, 3.63) is 0 Å². The SMILES string of the molecule is CCCCC(CCCC)N1CCNC(=O)C1. The zero-order valence-corrected chi connectivity index (χ0v) is 10.8. The number of piperazine rings is 1. The standard InChI is InChI=1S/C13H26N2O/c1-3-5-7-12(8-6-4-2)15-10-9-14-13(16)11-15/h12H,3-11H2,1-2H3,(H,14,16). The number of nitrogens with zero attached hydrogens (tertiary/aromatic N) is 1. The fourth-order valence-electron chi connectivity index (χ4n) is 2.36. The second kappa shape index (κ2) is 7.66. The van der Waals surface area contributed by atoms with Gasteiger partial charge in [0, 0.05) is 19.1 Å². The van der Waals surface area contributed by atoms with Crippen molar-refractivity contribution in [1.82, 2.24) is 10.2 Å².